The molecule has 1 atom stereocenters. The zero-order valence-corrected chi connectivity index (χ0v) is 11.2. The molecule has 0 spiro atoms. The van der Waals surface area contributed by atoms with Gasteiger partial charge in [0.1, 0.15) is 0 Å². The molecule has 7 heteroatoms. The van der Waals surface area contributed by atoms with E-state index < -0.39 is 9.84 Å². The SMILES string of the molecule is CCN(C(=O)c1cc(C)no1)C1CCS(=O)(=O)C1. The highest BCUT2D eigenvalue weighted by Crippen LogP contribution is 2.20. The zero-order valence-electron chi connectivity index (χ0n) is 10.4. The van der Waals surface area contributed by atoms with Crippen LogP contribution in [-0.2, 0) is 9.84 Å². The van der Waals surface area contributed by atoms with Crippen LogP contribution in [0.15, 0.2) is 10.6 Å². The van der Waals surface area contributed by atoms with Crippen molar-refractivity contribution in [1.82, 2.24) is 10.1 Å². The molecule has 1 aromatic rings. The van der Waals surface area contributed by atoms with Gasteiger partial charge >= 0.3 is 0 Å². The fraction of sp³-hybridized carbons (Fsp3) is 0.636. The molecule has 100 valence electrons. The van der Waals surface area contributed by atoms with Crippen LogP contribution in [0.3, 0.4) is 0 Å². The second-order valence-electron chi connectivity index (χ2n) is 4.48. The molecular formula is C11H16N2O4S. The second-order valence-corrected chi connectivity index (χ2v) is 6.71. The molecule has 1 saturated heterocycles. The van der Waals surface area contributed by atoms with Crippen LogP contribution in [0, 0.1) is 6.92 Å². The van der Waals surface area contributed by atoms with Crippen molar-refractivity contribution in [3.8, 4) is 0 Å². The lowest BCUT2D eigenvalue weighted by Crippen LogP contribution is -2.40. The first-order valence-electron chi connectivity index (χ1n) is 5.87. The summed E-state index contributed by atoms with van der Waals surface area (Å²) in [6.45, 7) is 4.02. The monoisotopic (exact) mass is 272 g/mol. The van der Waals surface area contributed by atoms with E-state index in [1.165, 1.54) is 0 Å². The van der Waals surface area contributed by atoms with Gasteiger partial charge in [0, 0.05) is 18.7 Å². The Morgan fingerprint density at radius 3 is 2.78 bits per heavy atom. The minimum absolute atomic E-state index is 0.0414. The molecule has 0 N–H and O–H groups in total. The summed E-state index contributed by atoms with van der Waals surface area (Å²) in [4.78, 5) is 13.7. The van der Waals surface area contributed by atoms with Crippen molar-refractivity contribution < 1.29 is 17.7 Å². The van der Waals surface area contributed by atoms with Crippen LogP contribution in [0.5, 0.6) is 0 Å². The number of aryl methyl sites for hydroxylation is 1. The molecule has 2 heterocycles. The molecular weight excluding hydrogens is 256 g/mol. The van der Waals surface area contributed by atoms with E-state index in [2.05, 4.69) is 5.16 Å². The maximum atomic E-state index is 12.2. The van der Waals surface area contributed by atoms with Crippen molar-refractivity contribution in [2.45, 2.75) is 26.3 Å². The summed E-state index contributed by atoms with van der Waals surface area (Å²) >= 11 is 0. The molecule has 6 nitrogen and oxygen atoms in total. The number of sulfone groups is 1. The summed E-state index contributed by atoms with van der Waals surface area (Å²) in [5.41, 5.74) is 0.633. The second kappa shape index (κ2) is 4.72. The van der Waals surface area contributed by atoms with Crippen LogP contribution in [-0.4, -0.2) is 48.5 Å². The summed E-state index contributed by atoms with van der Waals surface area (Å²) in [5.74, 6) is 0.0650. The molecule has 2 rings (SSSR count). The normalized spacial score (nSPS) is 22.0. The lowest BCUT2D eigenvalue weighted by molar-refractivity contribution is 0.0666. The number of aromatic nitrogens is 1. The van der Waals surface area contributed by atoms with Crippen LogP contribution in [0.1, 0.15) is 29.6 Å². The maximum Gasteiger partial charge on any atom is 0.292 e. The number of carbonyl (C=O) groups is 1. The van der Waals surface area contributed by atoms with Gasteiger partial charge in [0.05, 0.1) is 17.2 Å². The predicted molar refractivity (Wildman–Crippen MR) is 65.0 cm³/mol. The van der Waals surface area contributed by atoms with Crippen molar-refractivity contribution in [2.24, 2.45) is 0 Å². The molecule has 0 saturated carbocycles. The molecule has 1 amide bonds. The number of nitrogens with zero attached hydrogens (tertiary/aromatic N) is 2. The number of hydrogen-bond donors (Lipinski definition) is 0. The van der Waals surface area contributed by atoms with Crippen LogP contribution in [0.2, 0.25) is 0 Å². The highest BCUT2D eigenvalue weighted by atomic mass is 32.2. The zero-order chi connectivity index (χ0) is 13.3. The van der Waals surface area contributed by atoms with E-state index >= 15 is 0 Å². The summed E-state index contributed by atoms with van der Waals surface area (Å²) < 4.78 is 27.8. The molecule has 18 heavy (non-hydrogen) atoms. The van der Waals surface area contributed by atoms with E-state index in [0.717, 1.165) is 0 Å². The number of amides is 1. The number of carbonyl (C=O) groups excluding carboxylic acids is 1. The molecule has 0 aromatic carbocycles. The van der Waals surface area contributed by atoms with Gasteiger partial charge in [-0.15, -0.1) is 0 Å². The fourth-order valence-electron chi connectivity index (χ4n) is 2.19. The van der Waals surface area contributed by atoms with Gasteiger partial charge in [0.25, 0.3) is 5.91 Å². The summed E-state index contributed by atoms with van der Waals surface area (Å²) in [5, 5.41) is 3.67. The van der Waals surface area contributed by atoms with Crippen molar-refractivity contribution in [1.29, 1.82) is 0 Å². The average molecular weight is 272 g/mol. The molecule has 1 aliphatic heterocycles. The Hall–Kier alpha value is -1.37. The Bertz CT molecular complexity index is 549. The van der Waals surface area contributed by atoms with Crippen LogP contribution >= 0.6 is 0 Å². The third kappa shape index (κ3) is 2.55. The minimum Gasteiger partial charge on any atom is -0.351 e. The first-order chi connectivity index (χ1) is 8.43. The molecule has 0 radical (unpaired) electrons. The van der Waals surface area contributed by atoms with E-state index in [0.29, 0.717) is 18.7 Å². The molecule has 1 aromatic heterocycles. The Labute approximate surface area is 106 Å². The van der Waals surface area contributed by atoms with Crippen molar-refractivity contribution in [3.63, 3.8) is 0 Å². The molecule has 0 aliphatic carbocycles. The van der Waals surface area contributed by atoms with Gasteiger partial charge in [0.2, 0.25) is 5.76 Å². The largest absolute Gasteiger partial charge is 0.351 e. The Kier molecular flexibility index (Phi) is 3.43. The van der Waals surface area contributed by atoms with Gasteiger partial charge in [-0.1, -0.05) is 5.16 Å². The lowest BCUT2D eigenvalue weighted by Gasteiger charge is -2.25. The smallest absolute Gasteiger partial charge is 0.292 e. The van der Waals surface area contributed by atoms with Gasteiger partial charge in [-0.2, -0.15) is 0 Å². The fourth-order valence-corrected chi connectivity index (χ4v) is 3.93. The van der Waals surface area contributed by atoms with Crippen LogP contribution in [0.4, 0.5) is 0 Å². The molecule has 0 bridgehead atoms. The lowest BCUT2D eigenvalue weighted by atomic mass is 10.2. The van der Waals surface area contributed by atoms with Gasteiger partial charge in [0.15, 0.2) is 9.84 Å². The minimum atomic E-state index is -3.00. The number of hydrogen-bond acceptors (Lipinski definition) is 5. The molecule has 1 aliphatic rings. The van der Waals surface area contributed by atoms with E-state index in [1.807, 2.05) is 6.92 Å². The third-order valence-electron chi connectivity index (χ3n) is 3.09. The highest BCUT2D eigenvalue weighted by Gasteiger charge is 2.35. The van der Waals surface area contributed by atoms with Gasteiger partial charge in [-0.05, 0) is 20.3 Å². The van der Waals surface area contributed by atoms with Gasteiger partial charge < -0.3 is 9.42 Å². The number of rotatable bonds is 3. The van der Waals surface area contributed by atoms with Crippen molar-refractivity contribution in [2.75, 3.05) is 18.1 Å². The van der Waals surface area contributed by atoms with Gasteiger partial charge in [-0.25, -0.2) is 8.42 Å². The first kappa shape index (κ1) is 13.1. The summed E-state index contributed by atoms with van der Waals surface area (Å²) in [7, 11) is -3.00. The summed E-state index contributed by atoms with van der Waals surface area (Å²) in [6, 6.07) is 1.31. The van der Waals surface area contributed by atoms with E-state index in [1.54, 1.807) is 17.9 Å². The van der Waals surface area contributed by atoms with Crippen LogP contribution < -0.4 is 0 Å². The Balaban J connectivity index is 2.17. The third-order valence-corrected chi connectivity index (χ3v) is 4.84. The molecule has 1 unspecified atom stereocenters. The van der Waals surface area contributed by atoms with E-state index in [4.69, 9.17) is 4.52 Å². The predicted octanol–water partition coefficient (Wildman–Crippen LogP) is 0.632. The average Bonchev–Trinajstić information content (AvgIpc) is 2.86. The van der Waals surface area contributed by atoms with E-state index in [9.17, 15) is 13.2 Å². The molecule has 1 fully saturated rings. The Morgan fingerprint density at radius 1 is 1.61 bits per heavy atom. The standard InChI is InChI=1S/C11H16N2O4S/c1-3-13(9-4-5-18(15,16)7-9)11(14)10-6-8(2)12-17-10/h6,9H,3-5,7H2,1-2H3. The van der Waals surface area contributed by atoms with Crippen molar-refractivity contribution in [3.05, 3.63) is 17.5 Å². The summed E-state index contributed by atoms with van der Waals surface area (Å²) in [6.07, 6.45) is 0.495. The Morgan fingerprint density at radius 2 is 2.33 bits per heavy atom. The van der Waals surface area contributed by atoms with Crippen molar-refractivity contribution >= 4 is 15.7 Å². The first-order valence-corrected chi connectivity index (χ1v) is 7.70. The van der Waals surface area contributed by atoms with Gasteiger partial charge in [-0.3, -0.25) is 4.79 Å². The quantitative estimate of drug-likeness (QED) is 0.806. The highest BCUT2D eigenvalue weighted by molar-refractivity contribution is 7.91. The van der Waals surface area contributed by atoms with Crippen LogP contribution in [0.25, 0.3) is 0 Å². The maximum absolute atomic E-state index is 12.2. The topological polar surface area (TPSA) is 80.5 Å². The van der Waals surface area contributed by atoms with E-state index in [-0.39, 0.29) is 29.2 Å².